The molecule has 0 atom stereocenters. The number of nitrogens with two attached hydrogens (primary N) is 1. The highest BCUT2D eigenvalue weighted by Crippen LogP contribution is 2.01. The molecule has 0 unspecified atom stereocenters. The fourth-order valence-corrected chi connectivity index (χ4v) is 0.739. The van der Waals surface area contributed by atoms with Gasteiger partial charge in [0.1, 0.15) is 5.84 Å². The zero-order valence-corrected chi connectivity index (χ0v) is 5.59. The molecule has 0 bridgehead atoms. The second-order valence-corrected chi connectivity index (χ2v) is 2.11. The lowest BCUT2D eigenvalue weighted by Crippen LogP contribution is -2.10. The summed E-state index contributed by atoms with van der Waals surface area (Å²) in [5, 5.41) is 7.08. The van der Waals surface area contributed by atoms with E-state index in [9.17, 15) is 0 Å². The molecule has 0 aliphatic rings. The van der Waals surface area contributed by atoms with E-state index in [0.29, 0.717) is 0 Å². The monoisotopic (exact) mass is 133 g/mol. The molecule has 0 aromatic heterocycles. The average Bonchev–Trinajstić information content (AvgIpc) is 1.88. The molecule has 1 radical (unpaired) electrons. The van der Waals surface area contributed by atoms with E-state index in [2.05, 4.69) is 6.92 Å². The van der Waals surface area contributed by atoms with Crippen LogP contribution in [0.3, 0.4) is 0 Å². The predicted molar refractivity (Wildman–Crippen MR) is 41.9 cm³/mol. The Kier molecular flexibility index (Phi) is 1.71. The van der Waals surface area contributed by atoms with E-state index in [4.69, 9.17) is 11.1 Å². The predicted octanol–water partition coefficient (Wildman–Crippen LogP) is 1.15. The van der Waals surface area contributed by atoms with Crippen LogP contribution in [0.2, 0.25) is 0 Å². The Morgan fingerprint density at radius 2 is 2.20 bits per heavy atom. The first-order valence-corrected chi connectivity index (χ1v) is 2.96. The maximum atomic E-state index is 7.08. The van der Waals surface area contributed by atoms with Crippen LogP contribution in [0.5, 0.6) is 0 Å². The number of rotatable bonds is 1. The molecule has 1 aromatic rings. The first-order valence-electron chi connectivity index (χ1n) is 2.96. The van der Waals surface area contributed by atoms with Gasteiger partial charge in [0.05, 0.1) is 0 Å². The van der Waals surface area contributed by atoms with E-state index < -0.39 is 0 Å². The summed E-state index contributed by atoms with van der Waals surface area (Å²) < 4.78 is 0. The molecule has 1 aromatic carbocycles. The first kappa shape index (κ1) is 6.81. The molecule has 0 fully saturated rings. The van der Waals surface area contributed by atoms with Crippen molar-refractivity contribution >= 4 is 5.84 Å². The van der Waals surface area contributed by atoms with Crippen LogP contribution in [0.4, 0.5) is 0 Å². The number of nitrogen functional groups attached to an aromatic ring is 1. The van der Waals surface area contributed by atoms with Crippen molar-refractivity contribution in [1.29, 1.82) is 5.41 Å². The summed E-state index contributed by atoms with van der Waals surface area (Å²) in [6, 6.07) is 7.27. The van der Waals surface area contributed by atoms with Crippen molar-refractivity contribution in [2.75, 3.05) is 0 Å². The molecule has 0 heterocycles. The van der Waals surface area contributed by atoms with Crippen molar-refractivity contribution in [2.45, 2.75) is 0 Å². The molecular formula is C8H9N2. The molecule has 0 saturated carbocycles. The van der Waals surface area contributed by atoms with Gasteiger partial charge in [0.2, 0.25) is 0 Å². The minimum atomic E-state index is 0.0884. The third-order valence-corrected chi connectivity index (χ3v) is 1.24. The van der Waals surface area contributed by atoms with E-state index in [0.717, 1.165) is 11.1 Å². The number of hydrogen-bond acceptors (Lipinski definition) is 1. The molecular weight excluding hydrogens is 124 g/mol. The highest BCUT2D eigenvalue weighted by Gasteiger charge is 1.93. The largest absolute Gasteiger partial charge is 0.384 e. The van der Waals surface area contributed by atoms with E-state index in [1.807, 2.05) is 12.1 Å². The van der Waals surface area contributed by atoms with Crippen molar-refractivity contribution in [2.24, 2.45) is 5.73 Å². The Bertz CT molecular complexity index is 253. The maximum absolute atomic E-state index is 7.08. The number of amidine groups is 1. The smallest absolute Gasteiger partial charge is 0.122 e. The van der Waals surface area contributed by atoms with Gasteiger partial charge in [-0.25, -0.2) is 0 Å². The van der Waals surface area contributed by atoms with Crippen molar-refractivity contribution in [3.8, 4) is 0 Å². The van der Waals surface area contributed by atoms with Gasteiger partial charge >= 0.3 is 0 Å². The summed E-state index contributed by atoms with van der Waals surface area (Å²) in [6.45, 7) is 3.71. The number of nitrogens with one attached hydrogen (secondary N) is 1. The lowest BCUT2D eigenvalue weighted by atomic mass is 10.1. The second kappa shape index (κ2) is 2.52. The molecule has 51 valence electrons. The third-order valence-electron chi connectivity index (χ3n) is 1.24. The zero-order valence-electron chi connectivity index (χ0n) is 5.59. The highest BCUT2D eigenvalue weighted by molar-refractivity contribution is 5.95. The summed E-state index contributed by atoms with van der Waals surface area (Å²) in [5.74, 6) is 0.0884. The Morgan fingerprint density at radius 1 is 1.50 bits per heavy atom. The fraction of sp³-hybridized carbons (Fsp3) is 0. The van der Waals surface area contributed by atoms with Gasteiger partial charge in [-0.05, 0) is 18.6 Å². The summed E-state index contributed by atoms with van der Waals surface area (Å²) in [7, 11) is 0. The van der Waals surface area contributed by atoms with Gasteiger partial charge < -0.3 is 5.73 Å². The van der Waals surface area contributed by atoms with Crippen LogP contribution in [0, 0.1) is 12.3 Å². The van der Waals surface area contributed by atoms with Gasteiger partial charge in [-0.2, -0.15) is 0 Å². The van der Waals surface area contributed by atoms with E-state index in [1.165, 1.54) is 0 Å². The van der Waals surface area contributed by atoms with Crippen LogP contribution in [0.25, 0.3) is 0 Å². The zero-order chi connectivity index (χ0) is 7.56. The van der Waals surface area contributed by atoms with Crippen LogP contribution >= 0.6 is 0 Å². The molecule has 0 amide bonds. The first-order chi connectivity index (χ1) is 4.70. The van der Waals surface area contributed by atoms with Crippen LogP contribution in [0.15, 0.2) is 24.3 Å². The Balaban J connectivity index is 3.07. The highest BCUT2D eigenvalue weighted by atomic mass is 14.7. The van der Waals surface area contributed by atoms with Gasteiger partial charge in [0, 0.05) is 5.56 Å². The molecule has 3 N–H and O–H groups in total. The summed E-state index contributed by atoms with van der Waals surface area (Å²) in [6.07, 6.45) is 0. The standard InChI is InChI=1S/C8H9N2/c1-6-3-2-4-7(5-6)8(9)10/h2-5H,1H2,(H3,9,10). The van der Waals surface area contributed by atoms with Gasteiger partial charge in [0.25, 0.3) is 0 Å². The summed E-state index contributed by atoms with van der Waals surface area (Å²) in [4.78, 5) is 0. The van der Waals surface area contributed by atoms with E-state index in [-0.39, 0.29) is 5.84 Å². The van der Waals surface area contributed by atoms with Crippen LogP contribution in [-0.2, 0) is 0 Å². The summed E-state index contributed by atoms with van der Waals surface area (Å²) in [5.41, 5.74) is 6.85. The van der Waals surface area contributed by atoms with Crippen molar-refractivity contribution in [3.63, 3.8) is 0 Å². The Labute approximate surface area is 60.2 Å². The summed E-state index contributed by atoms with van der Waals surface area (Å²) >= 11 is 0. The number of hydrogen-bond donors (Lipinski definition) is 2. The van der Waals surface area contributed by atoms with Crippen LogP contribution in [-0.4, -0.2) is 5.84 Å². The molecule has 0 aliphatic heterocycles. The normalized spacial score (nSPS) is 9.30. The Morgan fingerprint density at radius 3 is 2.60 bits per heavy atom. The molecule has 0 saturated heterocycles. The Hall–Kier alpha value is -1.31. The van der Waals surface area contributed by atoms with E-state index in [1.54, 1.807) is 12.1 Å². The van der Waals surface area contributed by atoms with Gasteiger partial charge in [-0.3, -0.25) is 5.41 Å². The molecule has 0 aliphatic carbocycles. The van der Waals surface area contributed by atoms with Crippen LogP contribution in [0.1, 0.15) is 11.1 Å². The van der Waals surface area contributed by atoms with Crippen molar-refractivity contribution in [3.05, 3.63) is 42.3 Å². The lowest BCUT2D eigenvalue weighted by molar-refractivity contribution is 1.42. The van der Waals surface area contributed by atoms with Crippen LogP contribution < -0.4 is 5.73 Å². The number of benzene rings is 1. The third kappa shape index (κ3) is 1.35. The van der Waals surface area contributed by atoms with E-state index >= 15 is 0 Å². The SMILES string of the molecule is [CH2]c1cccc(C(=N)N)c1. The minimum Gasteiger partial charge on any atom is -0.384 e. The van der Waals surface area contributed by atoms with Gasteiger partial charge in [-0.1, -0.05) is 18.2 Å². The molecule has 10 heavy (non-hydrogen) atoms. The topological polar surface area (TPSA) is 49.9 Å². The average molecular weight is 133 g/mol. The van der Waals surface area contributed by atoms with Gasteiger partial charge in [-0.15, -0.1) is 0 Å². The fourth-order valence-electron chi connectivity index (χ4n) is 0.739. The quantitative estimate of drug-likeness (QED) is 0.438. The molecule has 0 spiro atoms. The lowest BCUT2D eigenvalue weighted by Gasteiger charge is -1.97. The minimum absolute atomic E-state index is 0.0884. The maximum Gasteiger partial charge on any atom is 0.122 e. The molecule has 2 heteroatoms. The second-order valence-electron chi connectivity index (χ2n) is 2.11. The molecule has 2 nitrogen and oxygen atoms in total. The van der Waals surface area contributed by atoms with Crippen molar-refractivity contribution in [1.82, 2.24) is 0 Å². The van der Waals surface area contributed by atoms with Crippen molar-refractivity contribution < 1.29 is 0 Å². The van der Waals surface area contributed by atoms with Gasteiger partial charge in [0.15, 0.2) is 0 Å². The molecule has 1 rings (SSSR count).